The van der Waals surface area contributed by atoms with E-state index in [2.05, 4.69) is 51.4 Å². The van der Waals surface area contributed by atoms with Crippen LogP contribution in [0, 0.1) is 0 Å². The molecule has 29 heavy (non-hydrogen) atoms. The van der Waals surface area contributed by atoms with Gasteiger partial charge in [-0.25, -0.2) is 9.97 Å². The van der Waals surface area contributed by atoms with Crippen LogP contribution in [0.25, 0.3) is 22.1 Å². The number of nitrogens with zero attached hydrogens (tertiary/aromatic N) is 3. The number of aromatic nitrogens is 4. The first-order chi connectivity index (χ1) is 13.1. The Bertz CT molecular complexity index is 931. The molecule has 2 aromatic carbocycles. The third-order valence-corrected chi connectivity index (χ3v) is 5.15. The number of halogens is 3. The topological polar surface area (TPSA) is 46.5 Å². The third kappa shape index (κ3) is 8.15. The normalized spacial score (nSPS) is 9.55. The van der Waals surface area contributed by atoms with E-state index in [9.17, 15) is 0 Å². The van der Waals surface area contributed by atoms with Crippen LogP contribution in [0.1, 0.15) is 41.5 Å². The third-order valence-electron chi connectivity index (χ3n) is 3.60. The highest BCUT2D eigenvalue weighted by atomic mass is 127. The lowest BCUT2D eigenvalue weighted by atomic mass is 10.3. The Hall–Kier alpha value is -1.31. The summed E-state index contributed by atoms with van der Waals surface area (Å²) >= 11 is 14.0. The summed E-state index contributed by atoms with van der Waals surface area (Å²) in [5.41, 5.74) is 3.98. The molecule has 0 saturated carbocycles. The minimum absolute atomic E-state index is 0. The Morgan fingerprint density at radius 1 is 0.897 bits per heavy atom. The number of alkyl halides is 1. The number of fused-ring (bicyclic) bond motifs is 2. The molecule has 1 N–H and O–H groups in total. The largest absolute Gasteiger partial charge is 0.329 e. The van der Waals surface area contributed by atoms with Crippen molar-refractivity contribution in [2.75, 3.05) is 4.43 Å². The van der Waals surface area contributed by atoms with Gasteiger partial charge in [-0.3, -0.25) is 0 Å². The van der Waals surface area contributed by atoms with E-state index in [-0.39, 0.29) is 14.9 Å². The number of benzene rings is 2. The highest BCUT2D eigenvalue weighted by Crippen LogP contribution is 2.19. The van der Waals surface area contributed by atoms with Gasteiger partial charge in [-0.05, 0) is 64.7 Å². The van der Waals surface area contributed by atoms with Gasteiger partial charge in [0.25, 0.3) is 0 Å². The molecule has 0 aliphatic heterocycles. The lowest BCUT2D eigenvalue weighted by Gasteiger charge is -2.01. The molecule has 4 rings (SSSR count). The molecule has 0 aliphatic carbocycles. The molecular weight excluding hydrogens is 518 g/mol. The fraction of sp³-hybridized carbons (Fsp3) is 0.364. The summed E-state index contributed by atoms with van der Waals surface area (Å²) in [6.45, 7) is 5.23. The summed E-state index contributed by atoms with van der Waals surface area (Å²) in [5.74, 6) is 0. The maximum absolute atomic E-state index is 6.00. The predicted octanol–water partition coefficient (Wildman–Crippen LogP) is 8.42. The zero-order valence-electron chi connectivity index (χ0n) is 15.4. The van der Waals surface area contributed by atoms with E-state index in [4.69, 9.17) is 23.2 Å². The van der Waals surface area contributed by atoms with Crippen molar-refractivity contribution in [3.63, 3.8) is 0 Å². The van der Waals surface area contributed by atoms with Gasteiger partial charge in [0.05, 0.1) is 22.1 Å². The lowest BCUT2D eigenvalue weighted by Crippen LogP contribution is -1.95. The molecule has 2 heterocycles. The molecule has 0 atom stereocenters. The minimum Gasteiger partial charge on any atom is -0.329 e. The second-order valence-electron chi connectivity index (χ2n) is 5.75. The molecule has 4 nitrogen and oxygen atoms in total. The first-order valence-corrected chi connectivity index (χ1v) is 11.2. The number of H-pyrrole nitrogens is 1. The molecule has 160 valence electrons. The smallest absolute Gasteiger partial charge is 0.203 e. The first kappa shape index (κ1) is 27.7. The molecule has 4 aromatic rings. The average Bonchev–Trinajstić information content (AvgIpc) is 3.21. The quantitative estimate of drug-likeness (QED) is 0.206. The van der Waals surface area contributed by atoms with Crippen molar-refractivity contribution in [1.29, 1.82) is 0 Å². The first-order valence-electron chi connectivity index (χ1n) is 8.87. The Kier molecular flexibility index (Phi) is 14.0. The SMILES string of the molecule is C.C.CCCI.CCCn1c(Cl)nc2ccccc21.Clc1nc2ccccc2[nH]1. The molecule has 0 aliphatic rings. The van der Waals surface area contributed by atoms with Crippen LogP contribution < -0.4 is 0 Å². The molecule has 0 fully saturated rings. The Morgan fingerprint density at radius 2 is 1.48 bits per heavy atom. The van der Waals surface area contributed by atoms with Gasteiger partial charge in [0.2, 0.25) is 10.6 Å². The van der Waals surface area contributed by atoms with Gasteiger partial charge in [-0.15, -0.1) is 0 Å². The maximum Gasteiger partial charge on any atom is 0.203 e. The van der Waals surface area contributed by atoms with E-state index >= 15 is 0 Å². The van der Waals surface area contributed by atoms with Crippen molar-refractivity contribution in [2.45, 2.75) is 48.1 Å². The molecule has 0 saturated heterocycles. The number of nitrogens with one attached hydrogen (secondary N) is 1. The van der Waals surface area contributed by atoms with Crippen molar-refractivity contribution in [3.8, 4) is 0 Å². The van der Waals surface area contributed by atoms with E-state index < -0.39 is 0 Å². The number of imidazole rings is 2. The number of rotatable bonds is 3. The summed E-state index contributed by atoms with van der Waals surface area (Å²) in [6, 6.07) is 15.7. The summed E-state index contributed by atoms with van der Waals surface area (Å²) < 4.78 is 3.33. The molecule has 7 heteroatoms. The Balaban J connectivity index is 0.000000441. The van der Waals surface area contributed by atoms with Crippen LogP contribution in [-0.4, -0.2) is 23.9 Å². The van der Waals surface area contributed by atoms with Crippen molar-refractivity contribution < 1.29 is 0 Å². The van der Waals surface area contributed by atoms with Crippen molar-refractivity contribution in [2.24, 2.45) is 0 Å². The second-order valence-corrected chi connectivity index (χ2v) is 7.53. The van der Waals surface area contributed by atoms with Crippen molar-refractivity contribution in [1.82, 2.24) is 19.5 Å². The predicted molar refractivity (Wildman–Crippen MR) is 139 cm³/mol. The summed E-state index contributed by atoms with van der Waals surface area (Å²) in [5, 5.41) is 1.03. The van der Waals surface area contributed by atoms with Gasteiger partial charge >= 0.3 is 0 Å². The molecule has 0 bridgehead atoms. The Morgan fingerprint density at radius 3 is 2.07 bits per heavy atom. The zero-order valence-corrected chi connectivity index (χ0v) is 19.1. The standard InChI is InChI=1S/C10H11ClN2.C7H5ClN2.C3H7I.2CH4/c1-2-7-13-9-6-4-3-5-8(9)12-10(13)11;8-7-9-5-3-1-2-4-6(5)10-7;1-2-3-4;;/h3-6H,2,7H2,1H3;1-4H,(H,9,10);2-3H2,1H3;2*1H4. The molecule has 0 radical (unpaired) electrons. The van der Waals surface area contributed by atoms with Crippen LogP contribution >= 0.6 is 45.8 Å². The van der Waals surface area contributed by atoms with E-state index in [1.54, 1.807) is 0 Å². The average molecular weight is 549 g/mol. The van der Waals surface area contributed by atoms with Crippen LogP contribution in [0.15, 0.2) is 48.5 Å². The van der Waals surface area contributed by atoms with Crippen LogP contribution in [0.5, 0.6) is 0 Å². The van der Waals surface area contributed by atoms with Crippen LogP contribution in [0.4, 0.5) is 0 Å². The number of para-hydroxylation sites is 4. The minimum atomic E-state index is 0. The van der Waals surface area contributed by atoms with Crippen LogP contribution in [0.2, 0.25) is 10.6 Å². The highest BCUT2D eigenvalue weighted by molar-refractivity contribution is 14.1. The summed E-state index contributed by atoms with van der Waals surface area (Å²) in [4.78, 5) is 11.2. The van der Waals surface area contributed by atoms with Crippen LogP contribution in [0.3, 0.4) is 0 Å². The highest BCUT2D eigenvalue weighted by Gasteiger charge is 2.05. The molecule has 2 aromatic heterocycles. The maximum atomic E-state index is 6.00. The van der Waals surface area contributed by atoms with Gasteiger partial charge in [-0.1, -0.05) is 75.6 Å². The van der Waals surface area contributed by atoms with Crippen molar-refractivity contribution in [3.05, 3.63) is 59.1 Å². The summed E-state index contributed by atoms with van der Waals surface area (Å²) in [7, 11) is 0. The van der Waals surface area contributed by atoms with Gasteiger partial charge in [0.1, 0.15) is 0 Å². The molecular formula is C22H31Cl2IN4. The van der Waals surface area contributed by atoms with E-state index in [0.717, 1.165) is 35.0 Å². The Labute approximate surface area is 198 Å². The fourth-order valence-electron chi connectivity index (χ4n) is 2.40. The van der Waals surface area contributed by atoms with Crippen molar-refractivity contribution >= 4 is 67.9 Å². The van der Waals surface area contributed by atoms with Crippen LogP contribution in [-0.2, 0) is 6.54 Å². The van der Waals surface area contributed by atoms with E-state index in [0.29, 0.717) is 10.6 Å². The molecule has 0 spiro atoms. The number of aryl methyl sites for hydroxylation is 1. The number of aromatic amines is 1. The monoisotopic (exact) mass is 548 g/mol. The fourth-order valence-corrected chi connectivity index (χ4v) is 2.86. The lowest BCUT2D eigenvalue weighted by molar-refractivity contribution is 0.698. The zero-order chi connectivity index (χ0) is 19.6. The summed E-state index contributed by atoms with van der Waals surface area (Å²) in [6.07, 6.45) is 2.38. The molecule has 0 amide bonds. The van der Waals surface area contributed by atoms with E-state index in [1.807, 2.05) is 53.1 Å². The molecule has 0 unspecified atom stereocenters. The number of hydrogen-bond donors (Lipinski definition) is 1. The van der Waals surface area contributed by atoms with E-state index in [1.165, 1.54) is 10.8 Å². The van der Waals surface area contributed by atoms with Gasteiger partial charge in [0.15, 0.2) is 0 Å². The van der Waals surface area contributed by atoms with Gasteiger partial charge in [-0.2, -0.15) is 0 Å². The second kappa shape index (κ2) is 14.6. The van der Waals surface area contributed by atoms with Gasteiger partial charge in [0, 0.05) is 6.54 Å². The van der Waals surface area contributed by atoms with Gasteiger partial charge < -0.3 is 9.55 Å². The number of hydrogen-bond acceptors (Lipinski definition) is 2.